The van der Waals surface area contributed by atoms with Crippen molar-refractivity contribution in [3.63, 3.8) is 0 Å². The molecule has 6 nitrogen and oxygen atoms in total. The molecule has 0 atom stereocenters. The average molecular weight is 331 g/mol. The maximum absolute atomic E-state index is 11.9. The lowest BCUT2D eigenvalue weighted by molar-refractivity contribution is -0.389. The Bertz CT molecular complexity index is 475. The molecule has 0 aromatic carbocycles. The van der Waals surface area contributed by atoms with Crippen LogP contribution in [0.25, 0.3) is 0 Å². The van der Waals surface area contributed by atoms with Crippen molar-refractivity contribution < 1.29 is 14.5 Å². The number of esters is 1. The van der Waals surface area contributed by atoms with Crippen LogP contribution in [0.1, 0.15) is 37.0 Å². The number of carbonyl (C=O) groups is 1. The van der Waals surface area contributed by atoms with Crippen molar-refractivity contribution in [2.24, 2.45) is 5.92 Å². The molecule has 104 valence electrons. The lowest BCUT2D eigenvalue weighted by atomic mass is 10.1. The van der Waals surface area contributed by atoms with Gasteiger partial charge in [-0.3, -0.25) is 0 Å². The zero-order chi connectivity index (χ0) is 14.4. The lowest BCUT2D eigenvalue weighted by Crippen LogP contribution is -2.14. The number of halogens is 1. The highest BCUT2D eigenvalue weighted by Gasteiger charge is 2.19. The Labute approximate surface area is 119 Å². The first kappa shape index (κ1) is 15.6. The molecule has 0 fully saturated rings. The van der Waals surface area contributed by atoms with E-state index < -0.39 is 10.9 Å². The SMILES string of the molecule is CCC(CC)COC(=O)c1cc([N+](=O)[O-])ncc1Br. The molecule has 0 N–H and O–H groups in total. The summed E-state index contributed by atoms with van der Waals surface area (Å²) in [5.74, 6) is -0.651. The van der Waals surface area contributed by atoms with Gasteiger partial charge in [-0.15, -0.1) is 0 Å². The van der Waals surface area contributed by atoms with Gasteiger partial charge in [0.15, 0.2) is 6.20 Å². The van der Waals surface area contributed by atoms with E-state index in [-0.39, 0.29) is 11.4 Å². The van der Waals surface area contributed by atoms with Gasteiger partial charge < -0.3 is 14.9 Å². The summed E-state index contributed by atoms with van der Waals surface area (Å²) in [6.07, 6.45) is 3.06. The van der Waals surface area contributed by atoms with Gasteiger partial charge in [-0.25, -0.2) is 4.79 Å². The minimum atomic E-state index is -0.649. The molecule has 1 heterocycles. The molecule has 1 aromatic rings. The molecule has 0 amide bonds. The van der Waals surface area contributed by atoms with E-state index in [4.69, 9.17) is 4.74 Å². The minimum absolute atomic E-state index is 0.118. The molecule has 0 unspecified atom stereocenters. The molecule has 7 heteroatoms. The third-order valence-electron chi connectivity index (χ3n) is 2.85. The number of hydrogen-bond acceptors (Lipinski definition) is 5. The quantitative estimate of drug-likeness (QED) is 0.453. The van der Waals surface area contributed by atoms with Gasteiger partial charge in [-0.2, -0.15) is 0 Å². The Morgan fingerprint density at radius 3 is 2.68 bits per heavy atom. The number of carbonyl (C=O) groups excluding carboxylic acids is 1. The first-order valence-electron chi connectivity index (χ1n) is 5.96. The summed E-state index contributed by atoms with van der Waals surface area (Å²) in [6.45, 7) is 4.36. The van der Waals surface area contributed by atoms with E-state index in [1.54, 1.807) is 0 Å². The average Bonchev–Trinajstić information content (AvgIpc) is 2.39. The normalized spacial score (nSPS) is 10.5. The molecule has 0 spiro atoms. The minimum Gasteiger partial charge on any atom is -0.462 e. The number of nitro groups is 1. The van der Waals surface area contributed by atoms with E-state index in [0.717, 1.165) is 18.9 Å². The molecular weight excluding hydrogens is 316 g/mol. The van der Waals surface area contributed by atoms with Crippen LogP contribution in [0.4, 0.5) is 5.82 Å². The number of nitrogens with zero attached hydrogens (tertiary/aromatic N) is 2. The molecule has 0 aliphatic heterocycles. The monoisotopic (exact) mass is 330 g/mol. The summed E-state index contributed by atoms with van der Waals surface area (Å²) in [7, 11) is 0. The van der Waals surface area contributed by atoms with Crippen molar-refractivity contribution in [3.05, 3.63) is 32.4 Å². The van der Waals surface area contributed by atoms with E-state index in [1.807, 2.05) is 13.8 Å². The Morgan fingerprint density at radius 1 is 1.53 bits per heavy atom. The van der Waals surface area contributed by atoms with Gasteiger partial charge in [-0.1, -0.05) is 26.7 Å². The van der Waals surface area contributed by atoms with Gasteiger partial charge in [0.2, 0.25) is 0 Å². The number of pyridine rings is 1. The second-order valence-corrected chi connectivity index (χ2v) is 4.91. The van der Waals surface area contributed by atoms with Crippen molar-refractivity contribution in [3.8, 4) is 0 Å². The van der Waals surface area contributed by atoms with Crippen LogP contribution in [-0.2, 0) is 4.74 Å². The number of ether oxygens (including phenoxy) is 1. The maximum atomic E-state index is 11.9. The predicted octanol–water partition coefficient (Wildman–Crippen LogP) is 3.35. The van der Waals surface area contributed by atoms with E-state index in [9.17, 15) is 14.9 Å². The van der Waals surface area contributed by atoms with Gasteiger partial charge >= 0.3 is 11.8 Å². The summed E-state index contributed by atoms with van der Waals surface area (Å²) in [4.78, 5) is 25.4. The van der Waals surface area contributed by atoms with Crippen LogP contribution in [0.5, 0.6) is 0 Å². The molecule has 0 saturated carbocycles. The van der Waals surface area contributed by atoms with Crippen LogP contribution in [0.3, 0.4) is 0 Å². The zero-order valence-electron chi connectivity index (χ0n) is 10.8. The molecule has 0 aliphatic rings. The summed E-state index contributed by atoms with van der Waals surface area (Å²) in [5, 5.41) is 10.6. The highest BCUT2D eigenvalue weighted by atomic mass is 79.9. The van der Waals surface area contributed by atoms with E-state index >= 15 is 0 Å². The fraction of sp³-hybridized carbons (Fsp3) is 0.500. The van der Waals surface area contributed by atoms with Crippen molar-refractivity contribution in [1.29, 1.82) is 0 Å². The summed E-state index contributed by atoms with van der Waals surface area (Å²) >= 11 is 3.14. The van der Waals surface area contributed by atoms with E-state index in [1.165, 1.54) is 6.20 Å². The van der Waals surface area contributed by atoms with Crippen molar-refractivity contribution >= 4 is 27.7 Å². The third-order valence-corrected chi connectivity index (χ3v) is 3.48. The van der Waals surface area contributed by atoms with Crippen LogP contribution in [-0.4, -0.2) is 22.5 Å². The topological polar surface area (TPSA) is 82.3 Å². The van der Waals surface area contributed by atoms with Crippen molar-refractivity contribution in [2.45, 2.75) is 26.7 Å². The van der Waals surface area contributed by atoms with Gasteiger partial charge in [0.25, 0.3) is 0 Å². The largest absolute Gasteiger partial charge is 0.462 e. The Morgan fingerprint density at radius 2 is 2.16 bits per heavy atom. The summed E-state index contributed by atoms with van der Waals surface area (Å²) in [6, 6.07) is 1.11. The van der Waals surface area contributed by atoms with Crippen LogP contribution in [0.15, 0.2) is 16.7 Å². The van der Waals surface area contributed by atoms with Gasteiger partial charge in [-0.05, 0) is 31.8 Å². The van der Waals surface area contributed by atoms with Gasteiger partial charge in [0, 0.05) is 0 Å². The number of aromatic nitrogens is 1. The Kier molecular flexibility index (Phi) is 5.88. The smallest absolute Gasteiger partial charge is 0.364 e. The lowest BCUT2D eigenvalue weighted by Gasteiger charge is -2.12. The van der Waals surface area contributed by atoms with Gasteiger partial charge in [0.1, 0.15) is 0 Å². The van der Waals surface area contributed by atoms with Crippen molar-refractivity contribution in [2.75, 3.05) is 6.61 Å². The predicted molar refractivity (Wildman–Crippen MR) is 72.9 cm³/mol. The molecule has 1 rings (SSSR count). The zero-order valence-corrected chi connectivity index (χ0v) is 12.3. The summed E-state index contributed by atoms with van der Waals surface area (Å²) < 4.78 is 5.55. The summed E-state index contributed by atoms with van der Waals surface area (Å²) in [5.41, 5.74) is 0.118. The first-order valence-corrected chi connectivity index (χ1v) is 6.75. The molecule has 19 heavy (non-hydrogen) atoms. The van der Waals surface area contributed by atoms with E-state index in [2.05, 4.69) is 20.9 Å². The third kappa shape index (κ3) is 4.27. The Balaban J connectivity index is 2.81. The molecule has 0 radical (unpaired) electrons. The molecular formula is C12H15BrN2O4. The number of hydrogen-bond donors (Lipinski definition) is 0. The van der Waals surface area contributed by atoms with E-state index in [0.29, 0.717) is 17.0 Å². The molecule has 0 bridgehead atoms. The molecule has 0 aliphatic carbocycles. The van der Waals surface area contributed by atoms with Crippen LogP contribution < -0.4 is 0 Å². The highest BCUT2D eigenvalue weighted by Crippen LogP contribution is 2.21. The van der Waals surface area contributed by atoms with Gasteiger partial charge in [0.05, 0.1) is 22.7 Å². The first-order chi connectivity index (χ1) is 8.99. The number of rotatable bonds is 6. The molecule has 0 saturated heterocycles. The standard InChI is InChI=1S/C12H15BrN2O4/c1-3-8(4-2)7-19-12(16)9-5-11(15(17)18)14-6-10(9)13/h5-6,8H,3-4,7H2,1-2H3. The van der Waals surface area contributed by atoms with Crippen molar-refractivity contribution in [1.82, 2.24) is 4.98 Å². The second kappa shape index (κ2) is 7.18. The second-order valence-electron chi connectivity index (χ2n) is 4.06. The van der Waals surface area contributed by atoms with Crippen LogP contribution in [0.2, 0.25) is 0 Å². The highest BCUT2D eigenvalue weighted by molar-refractivity contribution is 9.10. The van der Waals surface area contributed by atoms with Crippen LogP contribution >= 0.6 is 15.9 Å². The maximum Gasteiger partial charge on any atom is 0.364 e. The molecule has 1 aromatic heterocycles. The Hall–Kier alpha value is -1.50. The fourth-order valence-corrected chi connectivity index (χ4v) is 1.86. The fourth-order valence-electron chi connectivity index (χ4n) is 1.48. The van der Waals surface area contributed by atoms with Crippen LogP contribution in [0, 0.1) is 16.0 Å².